The smallest absolute Gasteiger partial charge is 0.252 e. The van der Waals surface area contributed by atoms with Crippen molar-refractivity contribution < 1.29 is 12.3 Å². The summed E-state index contributed by atoms with van der Waals surface area (Å²) in [7, 11) is -4.50. The van der Waals surface area contributed by atoms with E-state index in [4.69, 9.17) is 0 Å². The number of hydrogen-bond acceptors (Lipinski definition) is 4. The fraction of sp³-hybridized carbons (Fsp3) is 0. The van der Waals surface area contributed by atoms with Crippen LogP contribution in [0.15, 0.2) is 15.9 Å². The number of rotatable bonds is 1. The Bertz CT molecular complexity index is 277. The van der Waals surface area contributed by atoms with Gasteiger partial charge in [-0.05, 0) is 0 Å². The molecule has 0 bridgehead atoms. The molecule has 0 amide bonds. The van der Waals surface area contributed by atoms with Crippen molar-refractivity contribution in [3.8, 4) is 0 Å². The Labute approximate surface area is 55.4 Å². The number of nitrogens with zero attached hydrogens (tertiary/aromatic N) is 1. The maximum Gasteiger partial charge on any atom is 0.343 e. The van der Waals surface area contributed by atoms with Gasteiger partial charge in [-0.15, -0.1) is 11.3 Å². The Hall–Kier alpha value is -0.490. The van der Waals surface area contributed by atoms with E-state index in [1.54, 1.807) is 0 Å². The summed E-state index contributed by atoms with van der Waals surface area (Å²) in [6.07, 6.45) is 0.972. The Morgan fingerprint density at radius 1 is 1.67 bits per heavy atom. The van der Waals surface area contributed by atoms with Gasteiger partial charge in [-0.3, -0.25) is 4.98 Å². The van der Waals surface area contributed by atoms with E-state index in [0.717, 1.165) is 17.5 Å². The molecule has 0 saturated heterocycles. The predicted molar refractivity (Wildman–Crippen MR) is 30.4 cm³/mol. The van der Waals surface area contributed by atoms with Crippen LogP contribution in [0.4, 0.5) is 3.89 Å². The highest BCUT2D eigenvalue weighted by molar-refractivity contribution is 7.88. The molecule has 1 aromatic rings. The Morgan fingerprint density at radius 3 is 2.56 bits per heavy atom. The van der Waals surface area contributed by atoms with Crippen LogP contribution >= 0.6 is 11.3 Å². The highest BCUT2D eigenvalue weighted by Crippen LogP contribution is 2.15. The third-order valence-electron chi connectivity index (χ3n) is 0.650. The predicted octanol–water partition coefficient (Wildman–Crippen LogP) is 0.801. The molecule has 0 atom stereocenters. The minimum absolute atomic E-state index is 0.345. The van der Waals surface area contributed by atoms with Gasteiger partial charge in [0.1, 0.15) is 0 Å². The van der Waals surface area contributed by atoms with Gasteiger partial charge in [-0.25, -0.2) is 0 Å². The van der Waals surface area contributed by atoms with Crippen LogP contribution in [0.25, 0.3) is 0 Å². The summed E-state index contributed by atoms with van der Waals surface area (Å²) in [6.45, 7) is 0. The summed E-state index contributed by atoms with van der Waals surface area (Å²) in [5, 5.41) is 0. The Morgan fingerprint density at radius 2 is 2.33 bits per heavy atom. The monoisotopic (exact) mass is 167 g/mol. The lowest BCUT2D eigenvalue weighted by Crippen LogP contribution is -1.85. The number of thiazole rings is 1. The zero-order valence-electron chi connectivity index (χ0n) is 4.11. The van der Waals surface area contributed by atoms with Crippen molar-refractivity contribution in [3.05, 3.63) is 11.7 Å². The van der Waals surface area contributed by atoms with E-state index in [0.29, 0.717) is 0 Å². The Kier molecular flexibility index (Phi) is 1.50. The minimum atomic E-state index is -4.50. The molecule has 3 nitrogen and oxygen atoms in total. The third kappa shape index (κ3) is 1.46. The highest BCUT2D eigenvalue weighted by Gasteiger charge is 2.12. The van der Waals surface area contributed by atoms with Gasteiger partial charge in [0.2, 0.25) is 0 Å². The summed E-state index contributed by atoms with van der Waals surface area (Å²) in [6, 6.07) is 0. The maximum atomic E-state index is 11.9. The fourth-order valence-electron chi connectivity index (χ4n) is 0.325. The van der Waals surface area contributed by atoms with Gasteiger partial charge in [-0.1, -0.05) is 3.89 Å². The molecule has 1 rings (SSSR count). The second-order valence-corrected chi connectivity index (χ2v) is 3.72. The van der Waals surface area contributed by atoms with Crippen LogP contribution in [-0.2, 0) is 10.2 Å². The molecule has 1 heterocycles. The van der Waals surface area contributed by atoms with E-state index in [2.05, 4.69) is 4.98 Å². The average Bonchev–Trinajstić information content (AvgIpc) is 2.08. The first kappa shape index (κ1) is 6.63. The molecule has 6 heteroatoms. The standard InChI is InChI=1S/C3H2FNO2S2/c4-9(6,7)3-1-5-2-8-3/h1-2H. The summed E-state index contributed by atoms with van der Waals surface area (Å²) < 4.78 is 31.5. The average molecular weight is 167 g/mol. The van der Waals surface area contributed by atoms with Crippen LogP contribution in [0.5, 0.6) is 0 Å². The third-order valence-corrected chi connectivity index (χ3v) is 2.69. The quantitative estimate of drug-likeness (QED) is 0.581. The fourth-order valence-corrected chi connectivity index (χ4v) is 1.45. The molecular weight excluding hydrogens is 165 g/mol. The molecule has 0 aliphatic carbocycles. The van der Waals surface area contributed by atoms with Crippen LogP contribution in [-0.4, -0.2) is 13.4 Å². The molecule has 0 aliphatic heterocycles. The molecular formula is C3H2FNO2S2. The van der Waals surface area contributed by atoms with Crippen LogP contribution in [0, 0.1) is 0 Å². The lowest BCUT2D eigenvalue weighted by molar-refractivity contribution is 0.554. The topological polar surface area (TPSA) is 47.0 Å². The lowest BCUT2D eigenvalue weighted by Gasteiger charge is -1.79. The largest absolute Gasteiger partial charge is 0.343 e. The van der Waals surface area contributed by atoms with Crippen molar-refractivity contribution in [3.63, 3.8) is 0 Å². The van der Waals surface area contributed by atoms with E-state index in [9.17, 15) is 12.3 Å². The number of halogens is 1. The number of hydrogen-bond donors (Lipinski definition) is 0. The van der Waals surface area contributed by atoms with Crippen LogP contribution in [0.3, 0.4) is 0 Å². The van der Waals surface area contributed by atoms with Crippen LogP contribution in [0.1, 0.15) is 0 Å². The van der Waals surface area contributed by atoms with Gasteiger partial charge in [0.25, 0.3) is 0 Å². The van der Waals surface area contributed by atoms with Gasteiger partial charge >= 0.3 is 10.2 Å². The van der Waals surface area contributed by atoms with Crippen molar-refractivity contribution in [1.29, 1.82) is 0 Å². The first-order chi connectivity index (χ1) is 4.11. The molecule has 1 aromatic heterocycles. The van der Waals surface area contributed by atoms with E-state index >= 15 is 0 Å². The molecule has 0 N–H and O–H groups in total. The van der Waals surface area contributed by atoms with Gasteiger partial charge < -0.3 is 0 Å². The summed E-state index contributed by atoms with van der Waals surface area (Å²) in [4.78, 5) is 3.39. The summed E-state index contributed by atoms with van der Waals surface area (Å²) in [5.41, 5.74) is 1.26. The first-order valence-electron chi connectivity index (χ1n) is 1.94. The molecule has 50 valence electrons. The van der Waals surface area contributed by atoms with E-state index in [-0.39, 0.29) is 4.21 Å². The molecule has 0 saturated carbocycles. The van der Waals surface area contributed by atoms with Crippen molar-refractivity contribution in [1.82, 2.24) is 4.98 Å². The molecule has 0 unspecified atom stereocenters. The first-order valence-corrected chi connectivity index (χ1v) is 4.20. The van der Waals surface area contributed by atoms with Crippen molar-refractivity contribution in [2.45, 2.75) is 4.21 Å². The van der Waals surface area contributed by atoms with Crippen molar-refractivity contribution >= 4 is 21.6 Å². The molecule has 0 spiro atoms. The van der Waals surface area contributed by atoms with Gasteiger partial charge in [-0.2, -0.15) is 8.42 Å². The summed E-state index contributed by atoms with van der Waals surface area (Å²) >= 11 is 0.756. The highest BCUT2D eigenvalue weighted by atomic mass is 32.3. The van der Waals surface area contributed by atoms with Crippen LogP contribution < -0.4 is 0 Å². The van der Waals surface area contributed by atoms with Gasteiger partial charge in [0, 0.05) is 0 Å². The number of aromatic nitrogens is 1. The molecule has 0 fully saturated rings. The van der Waals surface area contributed by atoms with E-state index < -0.39 is 10.2 Å². The molecule has 0 aliphatic rings. The molecule has 0 radical (unpaired) electrons. The molecule has 9 heavy (non-hydrogen) atoms. The second-order valence-electron chi connectivity index (χ2n) is 1.26. The second kappa shape index (κ2) is 2.03. The van der Waals surface area contributed by atoms with Crippen molar-refractivity contribution in [2.75, 3.05) is 0 Å². The van der Waals surface area contributed by atoms with E-state index in [1.807, 2.05) is 0 Å². The maximum absolute atomic E-state index is 11.9. The zero-order chi connectivity index (χ0) is 6.91. The van der Waals surface area contributed by atoms with E-state index in [1.165, 1.54) is 5.51 Å². The lowest BCUT2D eigenvalue weighted by atomic mass is 11.0. The Balaban J connectivity index is 3.20. The van der Waals surface area contributed by atoms with Crippen LogP contribution in [0.2, 0.25) is 0 Å². The minimum Gasteiger partial charge on any atom is -0.252 e. The van der Waals surface area contributed by atoms with Gasteiger partial charge in [0.15, 0.2) is 4.21 Å². The molecule has 0 aromatic carbocycles. The van der Waals surface area contributed by atoms with Gasteiger partial charge in [0.05, 0.1) is 11.7 Å². The normalized spacial score (nSPS) is 11.7. The SMILES string of the molecule is O=S(=O)(F)c1cncs1. The zero-order valence-corrected chi connectivity index (χ0v) is 5.75. The van der Waals surface area contributed by atoms with Crippen molar-refractivity contribution in [2.24, 2.45) is 0 Å². The summed E-state index contributed by atoms with van der Waals surface area (Å²) in [5.74, 6) is 0.